The maximum Gasteiger partial charge on any atom is 0.317 e. The number of likely N-dealkylation sites (N-methyl/N-ethyl adjacent to an activating group) is 1. The van der Waals surface area contributed by atoms with Crippen molar-refractivity contribution in [3.05, 3.63) is 0 Å². The molecule has 0 aromatic rings. The number of carbonyl (C=O) groups is 5. The Balaban J connectivity index is 0. The van der Waals surface area contributed by atoms with Gasteiger partial charge >= 0.3 is 29.8 Å². The number of carboxylic acids is 5. The van der Waals surface area contributed by atoms with E-state index >= 15 is 0 Å². The summed E-state index contributed by atoms with van der Waals surface area (Å²) < 4.78 is 0. The van der Waals surface area contributed by atoms with E-state index < -0.39 is 55.6 Å². The fourth-order valence-electron chi connectivity index (χ4n) is 1.73. The van der Waals surface area contributed by atoms with E-state index in [-0.39, 0.29) is 19.4 Å². The van der Waals surface area contributed by atoms with Crippen LogP contribution in [0.5, 0.6) is 0 Å². The first-order valence-electron chi connectivity index (χ1n) is 7.76. The van der Waals surface area contributed by atoms with E-state index in [4.69, 9.17) is 25.5 Å². The van der Waals surface area contributed by atoms with E-state index in [0.717, 1.165) is 4.90 Å². The van der Waals surface area contributed by atoms with Crippen molar-refractivity contribution in [3.63, 3.8) is 0 Å². The molecule has 0 aliphatic heterocycles. The third kappa shape index (κ3) is 19.4. The van der Waals surface area contributed by atoms with Gasteiger partial charge in [0.1, 0.15) is 0 Å². The molecule has 0 fully saturated rings. The van der Waals surface area contributed by atoms with Crippen LogP contribution in [0.15, 0.2) is 0 Å². The summed E-state index contributed by atoms with van der Waals surface area (Å²) in [6.07, 6.45) is -1.45. The van der Waals surface area contributed by atoms with E-state index in [2.05, 4.69) is 10.6 Å². The minimum atomic E-state index is -1.30. The lowest BCUT2D eigenvalue weighted by Crippen LogP contribution is -2.51. The van der Waals surface area contributed by atoms with Gasteiger partial charge in [-0.15, -0.1) is 0 Å². The van der Waals surface area contributed by atoms with Gasteiger partial charge in [0, 0.05) is 6.42 Å². The lowest BCUT2D eigenvalue weighted by Gasteiger charge is -2.29. The number of hydrogen-bond acceptors (Lipinski definition) is 8. The summed E-state index contributed by atoms with van der Waals surface area (Å²) in [5.74, 6) is -5.79. The molecule has 27 heavy (non-hydrogen) atoms. The number of nitrogens with one attached hydrogen (secondary N) is 2. The summed E-state index contributed by atoms with van der Waals surface area (Å²) in [6.45, 7) is 0.804. The van der Waals surface area contributed by atoms with E-state index in [1.165, 1.54) is 0 Å². The number of aliphatic carboxylic acids is 5. The fraction of sp³-hybridized carbons (Fsp3) is 0.643. The Morgan fingerprint density at radius 3 is 1.56 bits per heavy atom. The van der Waals surface area contributed by atoms with Crippen LogP contribution < -0.4 is 10.6 Å². The van der Waals surface area contributed by atoms with Crippen LogP contribution in [-0.2, 0) is 24.0 Å². The molecule has 0 radical (unpaired) electrons. The summed E-state index contributed by atoms with van der Waals surface area (Å²) in [5, 5.41) is 47.6. The molecule has 0 aromatic carbocycles. The van der Waals surface area contributed by atoms with Gasteiger partial charge in [0.05, 0.1) is 32.3 Å². The van der Waals surface area contributed by atoms with Crippen molar-refractivity contribution >= 4 is 29.8 Å². The normalized spacial score (nSPS) is 11.2. The molecule has 0 aliphatic carbocycles. The summed E-state index contributed by atoms with van der Waals surface area (Å²) in [4.78, 5) is 53.0. The average molecular weight is 395 g/mol. The molecule has 0 saturated heterocycles. The third-order valence-electron chi connectivity index (χ3n) is 2.76. The van der Waals surface area contributed by atoms with Crippen molar-refractivity contribution in [2.24, 2.45) is 0 Å². The van der Waals surface area contributed by atoms with Crippen molar-refractivity contribution in [2.45, 2.75) is 25.9 Å². The second kappa shape index (κ2) is 15.5. The molecule has 0 aromatic heterocycles. The van der Waals surface area contributed by atoms with Crippen molar-refractivity contribution in [2.75, 3.05) is 32.7 Å². The van der Waals surface area contributed by atoms with Crippen molar-refractivity contribution in [3.8, 4) is 0 Å². The predicted molar refractivity (Wildman–Crippen MR) is 89.3 cm³/mol. The first-order chi connectivity index (χ1) is 12.5. The van der Waals surface area contributed by atoms with Crippen LogP contribution in [0.4, 0.5) is 0 Å². The monoisotopic (exact) mass is 395 g/mol. The Bertz CT molecular complexity index is 477. The molecule has 156 valence electrons. The Hall–Kier alpha value is -2.77. The highest BCUT2D eigenvalue weighted by Gasteiger charge is 2.24. The molecule has 0 spiro atoms. The fourth-order valence-corrected chi connectivity index (χ4v) is 1.73. The van der Waals surface area contributed by atoms with E-state index in [1.54, 1.807) is 0 Å². The Labute approximate surface area is 154 Å². The summed E-state index contributed by atoms with van der Waals surface area (Å²) in [6, 6.07) is 0. The van der Waals surface area contributed by atoms with Crippen LogP contribution in [-0.4, -0.2) is 99.2 Å². The molecule has 0 saturated carbocycles. The van der Waals surface area contributed by atoms with Crippen molar-refractivity contribution in [1.82, 2.24) is 15.5 Å². The molecule has 0 heterocycles. The van der Waals surface area contributed by atoms with Crippen LogP contribution in [0, 0.1) is 0 Å². The predicted octanol–water partition coefficient (Wildman–Crippen LogP) is -2.00. The van der Waals surface area contributed by atoms with Crippen molar-refractivity contribution in [1.29, 1.82) is 0 Å². The highest BCUT2D eigenvalue weighted by molar-refractivity contribution is 5.73. The molecule has 13 nitrogen and oxygen atoms in total. The first-order valence-corrected chi connectivity index (χ1v) is 7.76. The van der Waals surface area contributed by atoms with Gasteiger partial charge in [-0.05, 0) is 13.0 Å². The van der Waals surface area contributed by atoms with Gasteiger partial charge in [0.15, 0.2) is 0 Å². The van der Waals surface area contributed by atoms with Crippen LogP contribution >= 0.6 is 0 Å². The smallest absolute Gasteiger partial charge is 0.317 e. The zero-order valence-corrected chi connectivity index (χ0v) is 14.8. The lowest BCUT2D eigenvalue weighted by atomic mass is 10.2. The van der Waals surface area contributed by atoms with Gasteiger partial charge in [-0.3, -0.25) is 34.2 Å². The van der Waals surface area contributed by atoms with Gasteiger partial charge in [0.2, 0.25) is 0 Å². The first kappa shape index (κ1) is 26.5. The number of carboxylic acid groups (broad SMARTS) is 5. The van der Waals surface area contributed by atoms with Crippen molar-refractivity contribution < 1.29 is 49.5 Å². The van der Waals surface area contributed by atoms with E-state index in [9.17, 15) is 24.0 Å². The molecule has 0 rings (SSSR count). The lowest BCUT2D eigenvalue weighted by molar-refractivity contribution is -0.143. The Kier molecular flexibility index (Phi) is 15.2. The summed E-state index contributed by atoms with van der Waals surface area (Å²) in [7, 11) is 0. The number of hydrogen-bond donors (Lipinski definition) is 7. The highest BCUT2D eigenvalue weighted by atomic mass is 16.4. The van der Waals surface area contributed by atoms with E-state index in [1.807, 2.05) is 6.92 Å². The molecular weight excluding hydrogens is 370 g/mol. The largest absolute Gasteiger partial charge is 0.481 e. The molecule has 1 unspecified atom stereocenters. The standard InChI is InChI=1S/C10H16N2O8.C4H9NO2/c13-7(14)2-1-6(11-3-8(15)16)12(4-9(17)18)5-10(19)20;1-2-5-3-4(6)7/h6,11H,1-5H2,(H,13,14)(H,15,16)(H,17,18)(H,19,20);5H,2-3H2,1H3,(H,6,7). The number of nitrogens with zero attached hydrogens (tertiary/aromatic N) is 1. The highest BCUT2D eigenvalue weighted by Crippen LogP contribution is 2.05. The molecule has 0 bridgehead atoms. The zero-order valence-electron chi connectivity index (χ0n) is 14.8. The maximum absolute atomic E-state index is 10.7. The number of rotatable bonds is 14. The molecule has 1 atom stereocenters. The SMILES string of the molecule is CCNCC(=O)O.O=C(O)CCC(NCC(=O)O)N(CC(=O)O)CC(=O)O. The zero-order chi connectivity index (χ0) is 21.4. The second-order valence-electron chi connectivity index (χ2n) is 5.09. The summed E-state index contributed by atoms with van der Waals surface area (Å²) >= 11 is 0. The van der Waals surface area contributed by atoms with Gasteiger partial charge in [0.25, 0.3) is 0 Å². The minimum absolute atomic E-state index is 0.0660. The van der Waals surface area contributed by atoms with Gasteiger partial charge in [-0.25, -0.2) is 0 Å². The molecule has 7 N–H and O–H groups in total. The Morgan fingerprint density at radius 1 is 0.778 bits per heavy atom. The topological polar surface area (TPSA) is 214 Å². The van der Waals surface area contributed by atoms with Crippen LogP contribution in [0.25, 0.3) is 0 Å². The maximum atomic E-state index is 10.7. The minimum Gasteiger partial charge on any atom is -0.481 e. The average Bonchev–Trinajstić information content (AvgIpc) is 2.51. The molecule has 0 amide bonds. The second-order valence-corrected chi connectivity index (χ2v) is 5.09. The third-order valence-corrected chi connectivity index (χ3v) is 2.76. The van der Waals surface area contributed by atoms with Gasteiger partial charge in [-0.1, -0.05) is 6.92 Å². The van der Waals surface area contributed by atoms with E-state index in [0.29, 0.717) is 6.54 Å². The van der Waals surface area contributed by atoms with Crippen LogP contribution in [0.1, 0.15) is 19.8 Å². The molecular formula is C14H25N3O10. The van der Waals surface area contributed by atoms with Crippen LogP contribution in [0.3, 0.4) is 0 Å². The quantitative estimate of drug-likeness (QED) is 0.159. The molecule has 13 heteroatoms. The molecule has 0 aliphatic rings. The summed E-state index contributed by atoms with van der Waals surface area (Å²) in [5.41, 5.74) is 0. The van der Waals surface area contributed by atoms with Gasteiger partial charge < -0.3 is 30.8 Å². The Morgan fingerprint density at radius 2 is 1.26 bits per heavy atom. The van der Waals surface area contributed by atoms with Crippen LogP contribution in [0.2, 0.25) is 0 Å². The van der Waals surface area contributed by atoms with Gasteiger partial charge in [-0.2, -0.15) is 0 Å².